The number of fused-ring (bicyclic) bond motifs is 1. The molecule has 2 aromatic heterocycles. The molecule has 8 nitrogen and oxygen atoms in total. The van der Waals surface area contributed by atoms with E-state index >= 15 is 0 Å². The van der Waals surface area contributed by atoms with Crippen molar-refractivity contribution >= 4 is 40.0 Å². The highest BCUT2D eigenvalue weighted by Crippen LogP contribution is 2.40. The van der Waals surface area contributed by atoms with Crippen LogP contribution >= 0.6 is 23.1 Å². The first kappa shape index (κ1) is 22.3. The number of thioether (sulfide) groups is 1. The van der Waals surface area contributed by atoms with Gasteiger partial charge in [0.1, 0.15) is 5.00 Å². The fraction of sp³-hybridized carbons (Fsp3) is 0.364. The summed E-state index contributed by atoms with van der Waals surface area (Å²) in [6.07, 6.45) is 2.68. The predicted octanol–water partition coefficient (Wildman–Crippen LogP) is 3.12. The molecule has 32 heavy (non-hydrogen) atoms. The zero-order valence-corrected chi connectivity index (χ0v) is 19.4. The maximum Gasteiger partial charge on any atom is 0.341 e. The number of rotatable bonds is 7. The summed E-state index contributed by atoms with van der Waals surface area (Å²) < 4.78 is 11.4. The Kier molecular flexibility index (Phi) is 6.80. The highest BCUT2D eigenvalue weighted by atomic mass is 32.2. The summed E-state index contributed by atoms with van der Waals surface area (Å²) in [4.78, 5) is 26.5. The van der Waals surface area contributed by atoms with Crippen LogP contribution in [0.15, 0.2) is 39.9 Å². The Labute approximate surface area is 193 Å². The van der Waals surface area contributed by atoms with Crippen LogP contribution in [0.4, 0.5) is 5.00 Å². The molecule has 1 aliphatic rings. The van der Waals surface area contributed by atoms with E-state index in [0.717, 1.165) is 41.5 Å². The lowest BCUT2D eigenvalue weighted by molar-refractivity contribution is -0.705. The molecule has 0 aliphatic heterocycles. The molecule has 1 aliphatic carbocycles. The van der Waals surface area contributed by atoms with E-state index < -0.39 is 11.9 Å². The van der Waals surface area contributed by atoms with Crippen molar-refractivity contribution in [2.75, 3.05) is 17.7 Å². The van der Waals surface area contributed by atoms with Crippen molar-refractivity contribution in [3.05, 3.63) is 46.3 Å². The summed E-state index contributed by atoms with van der Waals surface area (Å²) in [5, 5.41) is 19.4. The first-order chi connectivity index (χ1) is 15.5. The van der Waals surface area contributed by atoms with Crippen molar-refractivity contribution in [1.29, 1.82) is 0 Å². The normalized spacial score (nSPS) is 15.2. The zero-order valence-electron chi connectivity index (χ0n) is 17.8. The molecular weight excluding hydrogens is 450 g/mol. The third kappa shape index (κ3) is 4.66. The van der Waals surface area contributed by atoms with Crippen LogP contribution in [0.2, 0.25) is 0 Å². The van der Waals surface area contributed by atoms with Crippen LogP contribution in [0.3, 0.4) is 0 Å². The van der Waals surface area contributed by atoms with E-state index in [0.29, 0.717) is 22.2 Å². The van der Waals surface area contributed by atoms with E-state index in [2.05, 4.69) is 17.5 Å². The Morgan fingerprint density at radius 1 is 1.38 bits per heavy atom. The molecule has 3 aromatic rings. The Hall–Kier alpha value is -2.85. The molecule has 0 saturated carbocycles. The van der Waals surface area contributed by atoms with Crippen molar-refractivity contribution in [2.45, 2.75) is 38.1 Å². The number of carbonyl (C=O) groups is 2. The molecule has 10 heteroatoms. The van der Waals surface area contributed by atoms with Crippen LogP contribution in [0.1, 0.15) is 41.1 Å². The lowest BCUT2D eigenvalue weighted by Crippen LogP contribution is -2.35. The van der Waals surface area contributed by atoms with E-state index in [1.54, 1.807) is 19.1 Å². The number of thiophene rings is 1. The Bertz CT molecular complexity index is 1130. The van der Waals surface area contributed by atoms with Crippen LogP contribution in [-0.4, -0.2) is 29.5 Å². The fourth-order valence-corrected chi connectivity index (χ4v) is 5.82. The van der Waals surface area contributed by atoms with Gasteiger partial charge >= 0.3 is 5.97 Å². The van der Waals surface area contributed by atoms with Gasteiger partial charge < -0.3 is 19.7 Å². The van der Waals surface area contributed by atoms with E-state index in [4.69, 9.17) is 9.26 Å². The van der Waals surface area contributed by atoms with Crippen LogP contribution in [0.5, 0.6) is 5.95 Å². The number of benzene rings is 1. The third-order valence-corrected chi connectivity index (χ3v) is 7.35. The molecule has 1 amide bonds. The Balaban J connectivity index is 1.51. The molecule has 0 spiro atoms. The molecule has 1 unspecified atom stereocenters. The molecule has 0 saturated heterocycles. The summed E-state index contributed by atoms with van der Waals surface area (Å²) in [5.74, 6) is -0.852. The first-order valence-corrected chi connectivity index (χ1v) is 12.2. The van der Waals surface area contributed by atoms with Gasteiger partial charge in [-0.05, 0) is 54.1 Å². The van der Waals surface area contributed by atoms with Crippen molar-refractivity contribution in [3.8, 4) is 11.6 Å². The summed E-state index contributed by atoms with van der Waals surface area (Å²) in [6, 6.07) is 9.06. The molecule has 0 fully saturated rings. The molecule has 1 atom stereocenters. The van der Waals surface area contributed by atoms with Gasteiger partial charge in [-0.3, -0.25) is 4.79 Å². The third-order valence-electron chi connectivity index (χ3n) is 5.16. The number of para-hydroxylation sites is 1. The van der Waals surface area contributed by atoms with Gasteiger partial charge in [0.15, 0.2) is 5.95 Å². The Morgan fingerprint density at radius 3 is 2.91 bits per heavy atom. The molecule has 4 rings (SSSR count). The standard InChI is InChI=1S/C22H23N3O5S2/c1-3-29-21(27)18-15-10-9-13(2)11-16(15)32-19(18)23-17(26)12-31-20-22(28)30-24-25(20)14-7-5-4-6-8-14/h4-8,13H,3,9-12H2,1-2H3,(H-,23,24,26,27,28). The fourth-order valence-electron chi connectivity index (χ4n) is 3.65. The van der Waals surface area contributed by atoms with E-state index in [1.807, 2.05) is 18.2 Å². The molecule has 0 bridgehead atoms. The summed E-state index contributed by atoms with van der Waals surface area (Å²) in [5.41, 5.74) is 2.11. The quantitative estimate of drug-likeness (QED) is 0.319. The number of hydrogen-bond donors (Lipinski definition) is 1. The number of amides is 1. The van der Waals surface area contributed by atoms with Crippen LogP contribution < -0.4 is 15.1 Å². The van der Waals surface area contributed by atoms with Gasteiger partial charge in [-0.15, -0.1) is 11.3 Å². The van der Waals surface area contributed by atoms with Crippen LogP contribution in [0.25, 0.3) is 5.69 Å². The topological polar surface area (TPSA) is 108 Å². The number of nitrogens with zero attached hydrogens (tertiary/aromatic N) is 2. The lowest BCUT2D eigenvalue weighted by Gasteiger charge is -2.18. The van der Waals surface area contributed by atoms with Crippen LogP contribution in [-0.2, 0) is 22.4 Å². The van der Waals surface area contributed by atoms with Crippen molar-refractivity contribution in [1.82, 2.24) is 5.27 Å². The second-order valence-electron chi connectivity index (χ2n) is 7.53. The number of esters is 1. The van der Waals surface area contributed by atoms with Gasteiger partial charge in [-0.25, -0.2) is 4.79 Å². The average Bonchev–Trinajstić information content (AvgIpc) is 3.32. The highest BCUT2D eigenvalue weighted by Gasteiger charge is 2.29. The maximum atomic E-state index is 12.7. The average molecular weight is 474 g/mol. The van der Waals surface area contributed by atoms with Gasteiger partial charge in [0.25, 0.3) is 5.03 Å². The first-order valence-electron chi connectivity index (χ1n) is 10.4. The van der Waals surface area contributed by atoms with E-state index in [9.17, 15) is 14.7 Å². The summed E-state index contributed by atoms with van der Waals surface area (Å²) in [6.45, 7) is 4.21. The van der Waals surface area contributed by atoms with Gasteiger partial charge in [-0.2, -0.15) is 0 Å². The minimum Gasteiger partial charge on any atom is -0.538 e. The van der Waals surface area contributed by atoms with Gasteiger partial charge in [0.2, 0.25) is 11.6 Å². The van der Waals surface area contributed by atoms with Crippen molar-refractivity contribution in [3.63, 3.8) is 0 Å². The van der Waals surface area contributed by atoms with Crippen molar-refractivity contribution in [2.24, 2.45) is 5.92 Å². The molecular formula is C22H23N3O5S2. The van der Waals surface area contributed by atoms with Crippen LogP contribution in [0, 0.1) is 5.92 Å². The molecule has 1 N–H and O–H groups in total. The van der Waals surface area contributed by atoms with Gasteiger partial charge in [0, 0.05) is 17.0 Å². The smallest absolute Gasteiger partial charge is 0.341 e. The maximum absolute atomic E-state index is 12.7. The second kappa shape index (κ2) is 9.74. The number of nitrogens with one attached hydrogen (secondary N) is 1. The largest absolute Gasteiger partial charge is 0.538 e. The predicted molar refractivity (Wildman–Crippen MR) is 118 cm³/mol. The zero-order chi connectivity index (χ0) is 22.7. The minimum atomic E-state index is -0.612. The van der Waals surface area contributed by atoms with Gasteiger partial charge in [-0.1, -0.05) is 25.1 Å². The number of anilines is 1. The van der Waals surface area contributed by atoms with E-state index in [-0.39, 0.29) is 23.3 Å². The molecule has 1 aromatic carbocycles. The Morgan fingerprint density at radius 2 is 2.16 bits per heavy atom. The SMILES string of the molecule is CCOC(=O)c1c(NC(=O)CSc2c([O-])on[n+]2-c2ccccc2)sc2c1CCC(C)C2. The number of carbonyl (C=O) groups excluding carboxylic acids is 2. The minimum absolute atomic E-state index is 0.0372. The highest BCUT2D eigenvalue weighted by molar-refractivity contribution is 7.99. The van der Waals surface area contributed by atoms with Crippen molar-refractivity contribution < 1.29 is 28.6 Å². The monoisotopic (exact) mass is 473 g/mol. The second-order valence-corrected chi connectivity index (χ2v) is 9.60. The number of aromatic nitrogens is 2. The molecule has 2 heterocycles. The number of hydrogen-bond acceptors (Lipinski definition) is 8. The van der Waals surface area contributed by atoms with Gasteiger partial charge in [0.05, 0.1) is 23.2 Å². The lowest BCUT2D eigenvalue weighted by atomic mass is 9.88. The molecule has 0 radical (unpaired) electrons. The van der Waals surface area contributed by atoms with E-state index in [1.165, 1.54) is 16.0 Å². The molecule has 168 valence electrons. The summed E-state index contributed by atoms with van der Waals surface area (Å²) >= 11 is 2.47. The number of ether oxygens (including phenoxy) is 1. The summed E-state index contributed by atoms with van der Waals surface area (Å²) in [7, 11) is 0.